The molecule has 5 heteroatoms. The molecular weight excluding hydrogens is 195 g/mol. The Hall–Kier alpha value is -0.130. The van der Waals surface area contributed by atoms with Crippen LogP contribution in [0.1, 0.15) is 5.56 Å². The zero-order chi connectivity index (χ0) is 8.55. The number of rotatable bonds is 1. The van der Waals surface area contributed by atoms with Gasteiger partial charge in [0.15, 0.2) is 5.13 Å². The van der Waals surface area contributed by atoms with Crippen molar-refractivity contribution in [2.45, 2.75) is 6.61 Å². The minimum absolute atomic E-state index is 0. The number of nitrogens with two attached hydrogens (primary N) is 1. The average Bonchev–Trinajstić information content (AvgIpc) is 2.43. The van der Waals surface area contributed by atoms with Crippen LogP contribution in [-0.4, -0.2) is 39.6 Å². The number of aromatic nitrogens is 1. The Labute approximate surface area is 102 Å². The van der Waals surface area contributed by atoms with E-state index < -0.39 is 0 Å². The molecule has 2 aromatic rings. The van der Waals surface area contributed by atoms with Crippen LogP contribution in [0.3, 0.4) is 0 Å². The standard InChI is InChI=1S/C8H8N2OS.Na/c9-8-10-6-2-1-5(4-11)3-7(6)12-8;/h1-3,11H,4H2,(H2,9,10);. The molecule has 1 aromatic carbocycles. The normalized spacial score (nSPS) is 9.92. The maximum absolute atomic E-state index is 8.86. The van der Waals surface area contributed by atoms with Gasteiger partial charge in [-0.2, -0.15) is 0 Å². The quantitative estimate of drug-likeness (QED) is 0.679. The van der Waals surface area contributed by atoms with Crippen LogP contribution in [0.4, 0.5) is 5.13 Å². The van der Waals surface area contributed by atoms with Gasteiger partial charge in [-0.15, -0.1) is 0 Å². The van der Waals surface area contributed by atoms with Crippen molar-refractivity contribution < 1.29 is 5.11 Å². The zero-order valence-corrected chi connectivity index (χ0v) is 10.1. The summed E-state index contributed by atoms with van der Waals surface area (Å²) in [6, 6.07) is 5.62. The summed E-state index contributed by atoms with van der Waals surface area (Å²) in [6.07, 6.45) is 0. The maximum atomic E-state index is 8.86. The van der Waals surface area contributed by atoms with Crippen molar-refractivity contribution >= 4 is 56.2 Å². The third kappa shape index (κ3) is 2.21. The second-order valence-corrected chi connectivity index (χ2v) is 3.57. The summed E-state index contributed by atoms with van der Waals surface area (Å²) in [5.41, 5.74) is 7.32. The van der Waals surface area contributed by atoms with E-state index in [0.717, 1.165) is 15.8 Å². The van der Waals surface area contributed by atoms with Gasteiger partial charge in [-0.05, 0) is 17.7 Å². The predicted octanol–water partition coefficient (Wildman–Crippen LogP) is 0.990. The molecule has 3 nitrogen and oxygen atoms in total. The number of aliphatic hydroxyl groups is 1. The minimum Gasteiger partial charge on any atom is -0.392 e. The molecule has 2 rings (SSSR count). The van der Waals surface area contributed by atoms with Crippen molar-refractivity contribution in [3.05, 3.63) is 23.8 Å². The number of anilines is 1. The van der Waals surface area contributed by atoms with Crippen LogP contribution in [0.25, 0.3) is 10.2 Å². The van der Waals surface area contributed by atoms with Gasteiger partial charge >= 0.3 is 0 Å². The van der Waals surface area contributed by atoms with Gasteiger partial charge in [-0.1, -0.05) is 17.4 Å². The molecule has 1 heterocycles. The smallest absolute Gasteiger partial charge is 0.181 e. The molecule has 0 unspecified atom stereocenters. The van der Waals surface area contributed by atoms with Crippen molar-refractivity contribution in [1.29, 1.82) is 0 Å². The van der Waals surface area contributed by atoms with Crippen LogP contribution >= 0.6 is 11.3 Å². The number of nitrogen functional groups attached to an aromatic ring is 1. The molecule has 0 spiro atoms. The summed E-state index contributed by atoms with van der Waals surface area (Å²) in [5, 5.41) is 9.43. The van der Waals surface area contributed by atoms with Crippen LogP contribution in [0.2, 0.25) is 0 Å². The summed E-state index contributed by atoms with van der Waals surface area (Å²) in [6.45, 7) is 0.0632. The molecule has 3 N–H and O–H groups in total. The Morgan fingerprint density at radius 3 is 2.92 bits per heavy atom. The first kappa shape index (κ1) is 10.9. The van der Waals surface area contributed by atoms with Gasteiger partial charge in [-0.3, -0.25) is 0 Å². The number of fused-ring (bicyclic) bond motifs is 1. The average molecular weight is 203 g/mol. The van der Waals surface area contributed by atoms with E-state index in [2.05, 4.69) is 4.98 Å². The molecule has 0 aliphatic heterocycles. The maximum Gasteiger partial charge on any atom is 0.181 e. The van der Waals surface area contributed by atoms with Crippen LogP contribution in [0.5, 0.6) is 0 Å². The van der Waals surface area contributed by atoms with E-state index in [1.807, 2.05) is 18.2 Å². The molecule has 0 fully saturated rings. The molecule has 0 aliphatic carbocycles. The van der Waals surface area contributed by atoms with Gasteiger partial charge in [-0.25, -0.2) is 4.98 Å². The Kier molecular flexibility index (Phi) is 3.70. The van der Waals surface area contributed by atoms with Gasteiger partial charge < -0.3 is 10.8 Å². The number of hydrogen-bond acceptors (Lipinski definition) is 4. The third-order valence-corrected chi connectivity index (χ3v) is 2.50. The first-order valence-corrected chi connectivity index (χ1v) is 4.37. The Balaban J connectivity index is 0.000000845. The third-order valence-electron chi connectivity index (χ3n) is 1.65. The molecule has 0 amide bonds. The van der Waals surface area contributed by atoms with Crippen LogP contribution in [-0.2, 0) is 6.61 Å². The van der Waals surface area contributed by atoms with Gasteiger partial charge in [0.25, 0.3) is 0 Å². The van der Waals surface area contributed by atoms with Crippen molar-refractivity contribution in [1.82, 2.24) is 4.98 Å². The van der Waals surface area contributed by atoms with Crippen LogP contribution < -0.4 is 5.73 Å². The van der Waals surface area contributed by atoms with Crippen LogP contribution in [0, 0.1) is 0 Å². The Morgan fingerprint density at radius 2 is 2.23 bits per heavy atom. The largest absolute Gasteiger partial charge is 0.392 e. The van der Waals surface area contributed by atoms with Crippen molar-refractivity contribution in [3.8, 4) is 0 Å². The van der Waals surface area contributed by atoms with E-state index in [9.17, 15) is 0 Å². The number of benzene rings is 1. The van der Waals surface area contributed by atoms with Crippen molar-refractivity contribution in [2.75, 3.05) is 5.73 Å². The topological polar surface area (TPSA) is 59.1 Å². The molecule has 0 aliphatic rings. The van der Waals surface area contributed by atoms with Crippen LogP contribution in [0.15, 0.2) is 18.2 Å². The molecule has 1 radical (unpaired) electrons. The summed E-state index contributed by atoms with van der Waals surface area (Å²) in [7, 11) is 0. The second kappa shape index (κ2) is 4.39. The number of thiazole rings is 1. The van der Waals surface area contributed by atoms with Crippen molar-refractivity contribution in [2.24, 2.45) is 0 Å². The van der Waals surface area contributed by atoms with E-state index in [-0.39, 0.29) is 36.2 Å². The van der Waals surface area contributed by atoms with Crippen molar-refractivity contribution in [3.63, 3.8) is 0 Å². The van der Waals surface area contributed by atoms with E-state index in [1.54, 1.807) is 0 Å². The minimum atomic E-state index is 0. The number of hydrogen-bond donors (Lipinski definition) is 2. The number of aliphatic hydroxyl groups excluding tert-OH is 1. The van der Waals surface area contributed by atoms with E-state index in [4.69, 9.17) is 10.8 Å². The molecule has 0 saturated heterocycles. The molecule has 13 heavy (non-hydrogen) atoms. The molecule has 0 bridgehead atoms. The first-order chi connectivity index (χ1) is 5.79. The zero-order valence-electron chi connectivity index (χ0n) is 7.32. The molecule has 1 aromatic heterocycles. The summed E-state index contributed by atoms with van der Waals surface area (Å²) in [4.78, 5) is 4.10. The predicted molar refractivity (Wildman–Crippen MR) is 55.7 cm³/mol. The second-order valence-electron chi connectivity index (χ2n) is 2.51. The molecule has 63 valence electrons. The van der Waals surface area contributed by atoms with Gasteiger partial charge in [0.1, 0.15) is 0 Å². The van der Waals surface area contributed by atoms with Gasteiger partial charge in [0.05, 0.1) is 16.8 Å². The van der Waals surface area contributed by atoms with Gasteiger partial charge in [0.2, 0.25) is 0 Å². The summed E-state index contributed by atoms with van der Waals surface area (Å²) in [5.74, 6) is 0. The fraction of sp³-hybridized carbons (Fsp3) is 0.125. The summed E-state index contributed by atoms with van der Waals surface area (Å²) < 4.78 is 1.03. The number of nitrogens with zero attached hydrogens (tertiary/aromatic N) is 1. The monoisotopic (exact) mass is 203 g/mol. The van der Waals surface area contributed by atoms with Gasteiger partial charge in [0, 0.05) is 29.6 Å². The van der Waals surface area contributed by atoms with E-state index in [1.165, 1.54) is 11.3 Å². The Morgan fingerprint density at radius 1 is 1.46 bits per heavy atom. The SMILES string of the molecule is Nc1nc2ccc(CO)cc2s1.[Na]. The molecular formula is C8H8N2NaOS. The van der Waals surface area contributed by atoms with E-state index >= 15 is 0 Å². The fourth-order valence-corrected chi connectivity index (χ4v) is 1.88. The summed E-state index contributed by atoms with van der Waals surface area (Å²) >= 11 is 1.44. The fourth-order valence-electron chi connectivity index (χ4n) is 1.09. The van der Waals surface area contributed by atoms with E-state index in [0.29, 0.717) is 5.13 Å². The molecule has 0 saturated carbocycles. The first-order valence-electron chi connectivity index (χ1n) is 3.55. The Bertz CT molecular complexity index is 415. The molecule has 0 atom stereocenters.